The summed E-state index contributed by atoms with van der Waals surface area (Å²) in [5, 5.41) is 20.5. The molecule has 2 aromatic carbocycles. The largest absolute Gasteiger partial charge is 0.388 e. The van der Waals surface area contributed by atoms with Gasteiger partial charge in [-0.3, -0.25) is 4.79 Å². The quantitative estimate of drug-likeness (QED) is 0.197. The van der Waals surface area contributed by atoms with Crippen LogP contribution in [-0.2, 0) is 4.79 Å². The first kappa shape index (κ1) is 26.1. The van der Waals surface area contributed by atoms with Gasteiger partial charge in [-0.1, -0.05) is 31.9 Å². The Bertz CT molecular complexity index is 813. The summed E-state index contributed by atoms with van der Waals surface area (Å²) in [5.41, 5.74) is 7.51. The van der Waals surface area contributed by atoms with Gasteiger partial charge < -0.3 is 31.9 Å². The molecular formula is C23H34Br2N6O. The monoisotopic (exact) mass is 568 g/mol. The molecule has 0 aliphatic carbocycles. The molecule has 0 saturated carbocycles. The molecular weight excluding hydrogens is 536 g/mol. The van der Waals surface area contributed by atoms with E-state index in [9.17, 15) is 4.79 Å². The van der Waals surface area contributed by atoms with E-state index in [2.05, 4.69) is 63.8 Å². The van der Waals surface area contributed by atoms with Crippen LogP contribution in [0.25, 0.3) is 0 Å². The van der Waals surface area contributed by atoms with Gasteiger partial charge in [-0.15, -0.1) is 0 Å². The summed E-state index contributed by atoms with van der Waals surface area (Å²) < 4.78 is 0. The van der Waals surface area contributed by atoms with Crippen LogP contribution in [0.1, 0.15) is 23.0 Å². The predicted octanol–water partition coefficient (Wildman–Crippen LogP) is 5.16. The molecule has 32 heavy (non-hydrogen) atoms. The highest BCUT2D eigenvalue weighted by Crippen LogP contribution is 2.43. The van der Waals surface area contributed by atoms with E-state index in [0.29, 0.717) is 10.7 Å². The average molecular weight is 570 g/mol. The van der Waals surface area contributed by atoms with Gasteiger partial charge >= 0.3 is 0 Å². The molecule has 0 aliphatic heterocycles. The minimum Gasteiger partial charge on any atom is -0.388 e. The van der Waals surface area contributed by atoms with Gasteiger partial charge in [0.05, 0.1) is 11.8 Å². The molecule has 2 unspecified atom stereocenters. The Kier molecular flexibility index (Phi) is 9.96. The van der Waals surface area contributed by atoms with E-state index in [0.717, 1.165) is 45.3 Å². The number of halogens is 2. The predicted molar refractivity (Wildman–Crippen MR) is 148 cm³/mol. The molecule has 7 nitrogen and oxygen atoms in total. The van der Waals surface area contributed by atoms with Crippen LogP contribution in [0.2, 0.25) is 0 Å². The van der Waals surface area contributed by atoms with E-state index in [-0.39, 0.29) is 17.6 Å². The number of Topliss-reactive ketones (excluding diaryl/α,β-unsaturated/α-hetero) is 1. The van der Waals surface area contributed by atoms with E-state index in [1.54, 1.807) is 0 Å². The second-order valence-electron chi connectivity index (χ2n) is 7.29. The van der Waals surface area contributed by atoms with Gasteiger partial charge in [0, 0.05) is 98.2 Å². The maximum absolute atomic E-state index is 14.1. The van der Waals surface area contributed by atoms with Crippen molar-refractivity contribution in [1.82, 2.24) is 0 Å². The molecule has 2 rings (SSSR count). The number of benzene rings is 2. The normalized spacial score (nSPS) is 12.5. The molecule has 2 atom stereocenters. The molecule has 0 fully saturated rings. The molecule has 2 aromatic rings. The SMILES string of the molecule is CNc1cc(NC)c(C(CBr)C(=O)C(CBr)c2c(NC)cc(NC)cc2NC)c(NC)c1. The van der Waals surface area contributed by atoms with Gasteiger partial charge in [0.25, 0.3) is 0 Å². The highest BCUT2D eigenvalue weighted by Gasteiger charge is 2.34. The van der Waals surface area contributed by atoms with Crippen molar-refractivity contribution < 1.29 is 4.79 Å². The topological polar surface area (TPSA) is 89.2 Å². The molecule has 0 amide bonds. The first-order valence-electron chi connectivity index (χ1n) is 10.5. The van der Waals surface area contributed by atoms with E-state index in [4.69, 9.17) is 0 Å². The lowest BCUT2D eigenvalue weighted by atomic mass is 9.82. The number of nitrogens with one attached hydrogen (secondary N) is 6. The number of hydrogen-bond donors (Lipinski definition) is 6. The van der Waals surface area contributed by atoms with Gasteiger partial charge in [-0.25, -0.2) is 0 Å². The summed E-state index contributed by atoms with van der Waals surface area (Å²) >= 11 is 7.26. The van der Waals surface area contributed by atoms with Crippen LogP contribution in [-0.4, -0.2) is 58.7 Å². The Morgan fingerprint density at radius 3 is 1.09 bits per heavy atom. The van der Waals surface area contributed by atoms with E-state index < -0.39 is 0 Å². The standard InChI is InChI=1S/C23H34Br2N6O/c1-26-13-7-17(28-3)21(18(8-13)29-4)15(11-24)23(32)16(12-25)22-19(30-5)9-14(27-2)10-20(22)31-6/h7-10,15-16,26-31H,11-12H2,1-6H3. The maximum Gasteiger partial charge on any atom is 0.149 e. The molecule has 176 valence electrons. The second kappa shape index (κ2) is 12.2. The zero-order valence-corrected chi connectivity index (χ0v) is 22.7. The highest BCUT2D eigenvalue weighted by molar-refractivity contribution is 9.09. The molecule has 0 aliphatic rings. The zero-order chi connectivity index (χ0) is 23.8. The minimum absolute atomic E-state index is 0.133. The minimum atomic E-state index is -0.355. The Hall–Kier alpha value is -2.13. The summed E-state index contributed by atoms with van der Waals surface area (Å²) in [4.78, 5) is 14.1. The third-order valence-electron chi connectivity index (χ3n) is 5.71. The fourth-order valence-corrected chi connectivity index (χ4v) is 5.29. The van der Waals surface area contributed by atoms with E-state index in [1.165, 1.54) is 0 Å². The fraction of sp³-hybridized carbons (Fsp3) is 0.435. The third-order valence-corrected chi connectivity index (χ3v) is 7.00. The van der Waals surface area contributed by atoms with Gasteiger partial charge in [-0.05, 0) is 24.3 Å². The molecule has 0 bridgehead atoms. The lowest BCUT2D eigenvalue weighted by molar-refractivity contribution is -0.120. The van der Waals surface area contributed by atoms with E-state index in [1.807, 2.05) is 66.6 Å². The van der Waals surface area contributed by atoms with Gasteiger partial charge in [0.1, 0.15) is 5.78 Å². The van der Waals surface area contributed by atoms with Crippen molar-refractivity contribution in [1.29, 1.82) is 0 Å². The van der Waals surface area contributed by atoms with Crippen molar-refractivity contribution in [2.24, 2.45) is 0 Å². The summed E-state index contributed by atoms with van der Waals surface area (Å²) in [6, 6.07) is 8.12. The Labute approximate surface area is 208 Å². The molecule has 0 spiro atoms. The van der Waals surface area contributed by atoms with Crippen LogP contribution in [0.4, 0.5) is 34.1 Å². The fourth-order valence-electron chi connectivity index (χ4n) is 4.01. The lowest BCUT2D eigenvalue weighted by Crippen LogP contribution is -2.26. The van der Waals surface area contributed by atoms with Crippen molar-refractivity contribution in [3.05, 3.63) is 35.4 Å². The summed E-state index contributed by atoms with van der Waals surface area (Å²) in [7, 11) is 11.3. The van der Waals surface area contributed by atoms with E-state index >= 15 is 0 Å². The van der Waals surface area contributed by atoms with Crippen LogP contribution in [0.15, 0.2) is 24.3 Å². The first-order chi connectivity index (χ1) is 15.4. The maximum atomic E-state index is 14.1. The van der Waals surface area contributed by atoms with Gasteiger partial charge in [-0.2, -0.15) is 0 Å². The average Bonchev–Trinajstić information content (AvgIpc) is 2.84. The third kappa shape index (κ3) is 5.26. The zero-order valence-electron chi connectivity index (χ0n) is 19.5. The van der Waals surface area contributed by atoms with Gasteiger partial charge in [0.2, 0.25) is 0 Å². The van der Waals surface area contributed by atoms with Crippen LogP contribution < -0.4 is 31.9 Å². The van der Waals surface area contributed by atoms with Crippen molar-refractivity contribution >= 4 is 71.8 Å². The Morgan fingerprint density at radius 2 is 0.906 bits per heavy atom. The number of alkyl halides is 2. The molecule has 0 heterocycles. The second-order valence-corrected chi connectivity index (χ2v) is 8.58. The summed E-state index contributed by atoms with van der Waals surface area (Å²) in [5.74, 6) is -0.576. The number of anilines is 6. The lowest BCUT2D eigenvalue weighted by Gasteiger charge is -2.28. The van der Waals surface area contributed by atoms with Crippen molar-refractivity contribution in [3.8, 4) is 0 Å². The van der Waals surface area contributed by atoms with Crippen LogP contribution in [0.5, 0.6) is 0 Å². The Balaban J connectivity index is 2.67. The summed E-state index contributed by atoms with van der Waals surface area (Å²) in [6.07, 6.45) is 0. The molecule has 9 heteroatoms. The number of ketones is 1. The Morgan fingerprint density at radius 1 is 0.625 bits per heavy atom. The number of hydrogen-bond acceptors (Lipinski definition) is 7. The molecule has 6 N–H and O–H groups in total. The summed E-state index contributed by atoms with van der Waals surface area (Å²) in [6.45, 7) is 0. The van der Waals surface area contributed by atoms with Crippen LogP contribution in [0.3, 0.4) is 0 Å². The highest BCUT2D eigenvalue weighted by atomic mass is 79.9. The van der Waals surface area contributed by atoms with Crippen molar-refractivity contribution in [3.63, 3.8) is 0 Å². The smallest absolute Gasteiger partial charge is 0.149 e. The molecule has 0 aromatic heterocycles. The number of carbonyl (C=O) groups excluding carboxylic acids is 1. The van der Waals surface area contributed by atoms with Crippen LogP contribution >= 0.6 is 31.9 Å². The van der Waals surface area contributed by atoms with Gasteiger partial charge in [0.15, 0.2) is 0 Å². The number of carbonyl (C=O) groups is 1. The van der Waals surface area contributed by atoms with Crippen LogP contribution in [0, 0.1) is 0 Å². The van der Waals surface area contributed by atoms with Crippen molar-refractivity contribution in [2.75, 3.05) is 84.8 Å². The first-order valence-corrected chi connectivity index (χ1v) is 12.8. The molecule has 0 radical (unpaired) electrons. The number of rotatable bonds is 12. The molecule has 0 saturated heterocycles. The van der Waals surface area contributed by atoms with Crippen molar-refractivity contribution in [2.45, 2.75) is 11.8 Å².